The monoisotopic (exact) mass is 303 g/mol. The number of hydrogen-bond donors (Lipinski definition) is 0. The molecule has 1 aliphatic rings. The van der Waals surface area contributed by atoms with Gasteiger partial charge in [0.05, 0.1) is 12.5 Å². The standard InChI is InChI=1S/C19H29NO2/c1-14-7-9-15(10-8-14)11-12-22-17(21)16-13-18(2,3)20(6)19(16,4)5/h7-10,16H,11-13H2,1-6H3. The van der Waals surface area contributed by atoms with E-state index < -0.39 is 0 Å². The lowest BCUT2D eigenvalue weighted by Gasteiger charge is -2.37. The first-order valence-corrected chi connectivity index (χ1v) is 8.11. The summed E-state index contributed by atoms with van der Waals surface area (Å²) in [7, 11) is 2.10. The van der Waals surface area contributed by atoms with Crippen LogP contribution >= 0.6 is 0 Å². The zero-order chi connectivity index (χ0) is 16.5. The molecule has 122 valence electrons. The van der Waals surface area contributed by atoms with E-state index in [0.29, 0.717) is 6.61 Å². The summed E-state index contributed by atoms with van der Waals surface area (Å²) < 4.78 is 5.57. The van der Waals surface area contributed by atoms with Gasteiger partial charge in [0.15, 0.2) is 0 Å². The maximum atomic E-state index is 12.5. The highest BCUT2D eigenvalue weighted by molar-refractivity contribution is 5.74. The number of likely N-dealkylation sites (tertiary alicyclic amines) is 1. The van der Waals surface area contributed by atoms with E-state index in [4.69, 9.17) is 4.74 Å². The first-order valence-electron chi connectivity index (χ1n) is 8.11. The topological polar surface area (TPSA) is 29.5 Å². The summed E-state index contributed by atoms with van der Waals surface area (Å²) in [5.74, 6) is -0.125. The van der Waals surface area contributed by atoms with E-state index >= 15 is 0 Å². The Labute approximate surface area is 134 Å². The Kier molecular flexibility index (Phi) is 4.67. The fourth-order valence-corrected chi connectivity index (χ4v) is 3.40. The lowest BCUT2D eigenvalue weighted by molar-refractivity contribution is -0.150. The minimum absolute atomic E-state index is 0.0319. The maximum Gasteiger partial charge on any atom is 0.310 e. The number of ether oxygens (including phenoxy) is 1. The van der Waals surface area contributed by atoms with Crippen LogP contribution < -0.4 is 0 Å². The van der Waals surface area contributed by atoms with E-state index in [1.54, 1.807) is 0 Å². The van der Waals surface area contributed by atoms with Gasteiger partial charge in [-0.1, -0.05) is 29.8 Å². The quantitative estimate of drug-likeness (QED) is 0.796. The van der Waals surface area contributed by atoms with Crippen molar-refractivity contribution >= 4 is 5.97 Å². The lowest BCUT2D eigenvalue weighted by atomic mass is 9.87. The molecule has 2 rings (SSSR count). The zero-order valence-corrected chi connectivity index (χ0v) is 14.8. The molecule has 1 fully saturated rings. The number of aryl methyl sites for hydroxylation is 1. The van der Waals surface area contributed by atoms with E-state index in [1.165, 1.54) is 11.1 Å². The van der Waals surface area contributed by atoms with Crippen molar-refractivity contribution in [2.75, 3.05) is 13.7 Å². The van der Waals surface area contributed by atoms with Crippen molar-refractivity contribution in [3.05, 3.63) is 35.4 Å². The molecule has 1 aromatic carbocycles. The molecule has 1 saturated heterocycles. The number of nitrogens with zero attached hydrogens (tertiary/aromatic N) is 1. The summed E-state index contributed by atoms with van der Waals surface area (Å²) in [5.41, 5.74) is 2.33. The first kappa shape index (κ1) is 17.0. The van der Waals surface area contributed by atoms with Gasteiger partial charge in [0.25, 0.3) is 0 Å². The third-order valence-corrected chi connectivity index (χ3v) is 5.37. The van der Waals surface area contributed by atoms with Crippen molar-refractivity contribution < 1.29 is 9.53 Å². The van der Waals surface area contributed by atoms with Crippen LogP contribution in [-0.4, -0.2) is 35.6 Å². The highest BCUT2D eigenvalue weighted by Crippen LogP contribution is 2.44. The summed E-state index contributed by atoms with van der Waals surface area (Å²) in [4.78, 5) is 14.8. The molecule has 3 nitrogen and oxygen atoms in total. The summed E-state index contributed by atoms with van der Waals surface area (Å²) in [5, 5.41) is 0. The molecule has 22 heavy (non-hydrogen) atoms. The Bertz CT molecular complexity index is 531. The van der Waals surface area contributed by atoms with Crippen molar-refractivity contribution in [1.82, 2.24) is 4.90 Å². The van der Waals surface area contributed by atoms with Gasteiger partial charge in [-0.3, -0.25) is 9.69 Å². The van der Waals surface area contributed by atoms with Crippen LogP contribution in [0.4, 0.5) is 0 Å². The second-order valence-electron chi connectivity index (χ2n) is 7.68. The van der Waals surface area contributed by atoms with Gasteiger partial charge in [-0.05, 0) is 53.7 Å². The van der Waals surface area contributed by atoms with Crippen LogP contribution in [0.2, 0.25) is 0 Å². The van der Waals surface area contributed by atoms with Crippen LogP contribution in [0, 0.1) is 12.8 Å². The zero-order valence-electron chi connectivity index (χ0n) is 14.8. The predicted octanol–water partition coefficient (Wildman–Crippen LogP) is 3.59. The largest absolute Gasteiger partial charge is 0.465 e. The number of hydrogen-bond acceptors (Lipinski definition) is 3. The van der Waals surface area contributed by atoms with Gasteiger partial charge in [-0.25, -0.2) is 0 Å². The Balaban J connectivity index is 1.91. The van der Waals surface area contributed by atoms with Gasteiger partial charge < -0.3 is 4.74 Å². The highest BCUT2D eigenvalue weighted by Gasteiger charge is 2.52. The minimum atomic E-state index is -0.162. The van der Waals surface area contributed by atoms with Gasteiger partial charge in [-0.15, -0.1) is 0 Å². The molecule has 1 unspecified atom stereocenters. The van der Waals surface area contributed by atoms with Crippen LogP contribution in [0.25, 0.3) is 0 Å². The number of carbonyl (C=O) groups excluding carboxylic acids is 1. The molecule has 0 aromatic heterocycles. The number of rotatable bonds is 4. The molecule has 1 heterocycles. The van der Waals surface area contributed by atoms with Gasteiger partial charge in [0.2, 0.25) is 0 Å². The van der Waals surface area contributed by atoms with Crippen molar-refractivity contribution in [2.45, 2.75) is 58.5 Å². The third kappa shape index (κ3) is 3.35. The molecule has 0 aliphatic carbocycles. The molecular weight excluding hydrogens is 274 g/mol. The number of carbonyl (C=O) groups is 1. The van der Waals surface area contributed by atoms with E-state index in [0.717, 1.165) is 12.8 Å². The van der Waals surface area contributed by atoms with E-state index in [1.807, 2.05) is 0 Å². The van der Waals surface area contributed by atoms with Gasteiger partial charge >= 0.3 is 5.97 Å². The van der Waals surface area contributed by atoms with E-state index in [-0.39, 0.29) is 23.0 Å². The summed E-state index contributed by atoms with van der Waals surface area (Å²) in [6.07, 6.45) is 1.62. The Morgan fingerprint density at radius 2 is 1.82 bits per heavy atom. The van der Waals surface area contributed by atoms with Crippen molar-refractivity contribution in [1.29, 1.82) is 0 Å². The SMILES string of the molecule is Cc1ccc(CCOC(=O)C2CC(C)(C)N(C)C2(C)C)cc1. The number of esters is 1. The maximum absolute atomic E-state index is 12.5. The van der Waals surface area contributed by atoms with Crippen molar-refractivity contribution in [3.63, 3.8) is 0 Å². The summed E-state index contributed by atoms with van der Waals surface area (Å²) >= 11 is 0. The van der Waals surface area contributed by atoms with Gasteiger partial charge in [0.1, 0.15) is 0 Å². The smallest absolute Gasteiger partial charge is 0.310 e. The molecule has 0 amide bonds. The molecule has 0 saturated carbocycles. The molecule has 0 spiro atoms. The average molecular weight is 303 g/mol. The highest BCUT2D eigenvalue weighted by atomic mass is 16.5. The first-order chi connectivity index (χ1) is 10.1. The second-order valence-corrected chi connectivity index (χ2v) is 7.68. The summed E-state index contributed by atoms with van der Waals surface area (Å²) in [6, 6.07) is 8.38. The molecule has 0 radical (unpaired) electrons. The van der Waals surface area contributed by atoms with Crippen molar-refractivity contribution in [3.8, 4) is 0 Å². The van der Waals surface area contributed by atoms with E-state index in [9.17, 15) is 4.79 Å². The Morgan fingerprint density at radius 1 is 1.23 bits per heavy atom. The fourth-order valence-electron chi connectivity index (χ4n) is 3.40. The molecule has 1 atom stereocenters. The molecule has 1 aliphatic heterocycles. The van der Waals surface area contributed by atoms with Crippen LogP contribution in [0.5, 0.6) is 0 Å². The van der Waals surface area contributed by atoms with Gasteiger partial charge in [-0.2, -0.15) is 0 Å². The van der Waals surface area contributed by atoms with Crippen LogP contribution in [0.3, 0.4) is 0 Å². The molecule has 0 N–H and O–H groups in total. The van der Waals surface area contributed by atoms with Crippen LogP contribution in [-0.2, 0) is 16.0 Å². The van der Waals surface area contributed by atoms with Crippen LogP contribution in [0.1, 0.15) is 45.2 Å². The molecular formula is C19H29NO2. The summed E-state index contributed by atoms with van der Waals surface area (Å²) in [6.45, 7) is 11.2. The normalized spacial score (nSPS) is 23.5. The molecule has 1 aromatic rings. The molecule has 3 heteroatoms. The Morgan fingerprint density at radius 3 is 2.32 bits per heavy atom. The predicted molar refractivity (Wildman–Crippen MR) is 89.9 cm³/mol. The van der Waals surface area contributed by atoms with Crippen molar-refractivity contribution in [2.24, 2.45) is 5.92 Å². The van der Waals surface area contributed by atoms with Gasteiger partial charge in [0, 0.05) is 17.5 Å². The molecule has 0 bridgehead atoms. The average Bonchev–Trinajstić information content (AvgIpc) is 2.61. The second kappa shape index (κ2) is 6.04. The fraction of sp³-hybridized carbons (Fsp3) is 0.632. The number of benzene rings is 1. The third-order valence-electron chi connectivity index (χ3n) is 5.37. The van der Waals surface area contributed by atoms with E-state index in [2.05, 4.69) is 70.8 Å². The Hall–Kier alpha value is -1.35. The minimum Gasteiger partial charge on any atom is -0.465 e. The lowest BCUT2D eigenvalue weighted by Crippen LogP contribution is -2.48. The van der Waals surface area contributed by atoms with Crippen LogP contribution in [0.15, 0.2) is 24.3 Å².